The molecule has 0 aliphatic carbocycles. The molecule has 3 N–H and O–H groups in total. The van der Waals surface area contributed by atoms with Gasteiger partial charge in [-0.25, -0.2) is 0 Å². The van der Waals surface area contributed by atoms with Crippen LogP contribution in [0, 0.1) is 24.0 Å². The molecule has 0 heterocycles. The Hall–Kier alpha value is -2.60. The molecule has 0 saturated carbocycles. The number of nitrogens with one attached hydrogen (secondary N) is 1. The summed E-state index contributed by atoms with van der Waals surface area (Å²) >= 11 is 0. The van der Waals surface area contributed by atoms with Crippen molar-refractivity contribution in [3.8, 4) is 5.75 Å². The van der Waals surface area contributed by atoms with Crippen LogP contribution in [0.1, 0.15) is 16.7 Å². The van der Waals surface area contributed by atoms with E-state index in [0.717, 1.165) is 16.9 Å². The third-order valence-electron chi connectivity index (χ3n) is 3.14. The summed E-state index contributed by atoms with van der Waals surface area (Å²) in [4.78, 5) is 10.3. The first-order chi connectivity index (χ1) is 10.0. The van der Waals surface area contributed by atoms with Crippen molar-refractivity contribution < 1.29 is 9.66 Å². The van der Waals surface area contributed by atoms with Crippen molar-refractivity contribution in [1.29, 1.82) is 0 Å². The van der Waals surface area contributed by atoms with Crippen LogP contribution in [0.2, 0.25) is 0 Å². The van der Waals surface area contributed by atoms with Crippen LogP contribution in [0.25, 0.3) is 0 Å². The van der Waals surface area contributed by atoms with E-state index in [1.807, 2.05) is 32.0 Å². The topological polar surface area (TPSA) is 90.4 Å². The summed E-state index contributed by atoms with van der Waals surface area (Å²) in [5.41, 5.74) is 5.56. The number of nitrogens with zero attached hydrogens (tertiary/aromatic N) is 1. The van der Waals surface area contributed by atoms with E-state index in [2.05, 4.69) is 5.43 Å². The fourth-order valence-electron chi connectivity index (χ4n) is 2.07. The molecule has 0 aliphatic heterocycles. The Morgan fingerprint density at radius 1 is 1.24 bits per heavy atom. The highest BCUT2D eigenvalue weighted by molar-refractivity contribution is 5.62. The fourth-order valence-corrected chi connectivity index (χ4v) is 2.07. The van der Waals surface area contributed by atoms with Gasteiger partial charge in [0, 0.05) is 6.07 Å². The van der Waals surface area contributed by atoms with Gasteiger partial charge in [-0.2, -0.15) is 0 Å². The number of nitro benzene ring substituents is 1. The van der Waals surface area contributed by atoms with E-state index < -0.39 is 4.92 Å². The SMILES string of the molecule is Cc1ccc(OCc2ccc([N+](=O)[O-])c(NN)c2)c(C)c1. The fraction of sp³-hybridized carbons (Fsp3) is 0.200. The summed E-state index contributed by atoms with van der Waals surface area (Å²) in [6, 6.07) is 10.6. The third kappa shape index (κ3) is 3.49. The second-order valence-corrected chi connectivity index (χ2v) is 4.81. The van der Waals surface area contributed by atoms with E-state index in [1.54, 1.807) is 12.1 Å². The molecular formula is C15H17N3O3. The van der Waals surface area contributed by atoms with Crippen LogP contribution in [0.5, 0.6) is 5.75 Å². The summed E-state index contributed by atoms with van der Waals surface area (Å²) < 4.78 is 5.74. The maximum Gasteiger partial charge on any atom is 0.293 e. The zero-order valence-corrected chi connectivity index (χ0v) is 11.9. The smallest absolute Gasteiger partial charge is 0.293 e. The molecular weight excluding hydrogens is 270 g/mol. The van der Waals surface area contributed by atoms with Gasteiger partial charge in [0.15, 0.2) is 0 Å². The van der Waals surface area contributed by atoms with E-state index in [1.165, 1.54) is 11.6 Å². The maximum absolute atomic E-state index is 10.8. The minimum absolute atomic E-state index is 0.0623. The molecule has 0 radical (unpaired) electrons. The Kier molecular flexibility index (Phi) is 4.39. The van der Waals surface area contributed by atoms with Crippen molar-refractivity contribution >= 4 is 11.4 Å². The summed E-state index contributed by atoms with van der Waals surface area (Å²) in [6.45, 7) is 4.31. The van der Waals surface area contributed by atoms with Crippen LogP contribution < -0.4 is 16.0 Å². The predicted molar refractivity (Wildman–Crippen MR) is 81.2 cm³/mol. The zero-order valence-electron chi connectivity index (χ0n) is 11.9. The Balaban J connectivity index is 2.15. The average molecular weight is 287 g/mol. The molecule has 2 rings (SSSR count). The molecule has 110 valence electrons. The van der Waals surface area contributed by atoms with Gasteiger partial charge >= 0.3 is 0 Å². The number of nitrogen functional groups attached to an aromatic ring is 1. The molecule has 0 aromatic heterocycles. The van der Waals surface area contributed by atoms with Gasteiger partial charge in [-0.3, -0.25) is 16.0 Å². The number of anilines is 1. The van der Waals surface area contributed by atoms with Gasteiger partial charge in [0.05, 0.1) is 4.92 Å². The van der Waals surface area contributed by atoms with Gasteiger partial charge in [-0.05, 0) is 43.2 Å². The largest absolute Gasteiger partial charge is 0.489 e. The highest BCUT2D eigenvalue weighted by atomic mass is 16.6. The van der Waals surface area contributed by atoms with Crippen LogP contribution in [-0.4, -0.2) is 4.92 Å². The first kappa shape index (κ1) is 14.8. The maximum atomic E-state index is 10.8. The second kappa shape index (κ2) is 6.23. The van der Waals surface area contributed by atoms with Crippen LogP contribution in [-0.2, 0) is 6.61 Å². The van der Waals surface area contributed by atoms with Crippen LogP contribution in [0.4, 0.5) is 11.4 Å². The second-order valence-electron chi connectivity index (χ2n) is 4.81. The Bertz CT molecular complexity index is 671. The van der Waals surface area contributed by atoms with Gasteiger partial charge in [0.2, 0.25) is 0 Å². The Morgan fingerprint density at radius 3 is 2.62 bits per heavy atom. The first-order valence-corrected chi connectivity index (χ1v) is 6.45. The summed E-state index contributed by atoms with van der Waals surface area (Å²) in [7, 11) is 0. The van der Waals surface area contributed by atoms with Crippen LogP contribution >= 0.6 is 0 Å². The normalized spacial score (nSPS) is 10.2. The zero-order chi connectivity index (χ0) is 15.4. The number of nitro groups is 1. The molecule has 6 nitrogen and oxygen atoms in total. The number of hydrazine groups is 1. The van der Waals surface area contributed by atoms with Gasteiger partial charge < -0.3 is 10.2 Å². The van der Waals surface area contributed by atoms with Crippen LogP contribution in [0.3, 0.4) is 0 Å². The van der Waals surface area contributed by atoms with Crippen LogP contribution in [0.15, 0.2) is 36.4 Å². The van der Waals surface area contributed by atoms with E-state index in [4.69, 9.17) is 10.6 Å². The number of rotatable bonds is 5. The Labute approximate surface area is 122 Å². The van der Waals surface area contributed by atoms with Gasteiger partial charge in [-0.1, -0.05) is 17.7 Å². The molecule has 0 amide bonds. The van der Waals surface area contributed by atoms with Crippen molar-refractivity contribution in [2.75, 3.05) is 5.43 Å². The lowest BCUT2D eigenvalue weighted by atomic mass is 10.1. The van der Waals surface area contributed by atoms with Gasteiger partial charge in [0.1, 0.15) is 18.0 Å². The predicted octanol–water partition coefficient (Wildman–Crippen LogP) is 3.08. The molecule has 0 bridgehead atoms. The number of aryl methyl sites for hydroxylation is 2. The molecule has 0 unspecified atom stereocenters. The number of hydrogen-bond donors (Lipinski definition) is 2. The number of ether oxygens (including phenoxy) is 1. The number of hydrogen-bond acceptors (Lipinski definition) is 5. The standard InChI is InChI=1S/C15H17N3O3/c1-10-3-6-15(11(2)7-10)21-9-12-4-5-14(18(19)20)13(8-12)17-16/h3-8,17H,9,16H2,1-2H3. The van der Waals surface area contributed by atoms with Crippen molar-refractivity contribution in [1.82, 2.24) is 0 Å². The van der Waals surface area contributed by atoms with E-state index in [0.29, 0.717) is 6.61 Å². The first-order valence-electron chi connectivity index (χ1n) is 6.45. The molecule has 0 spiro atoms. The lowest BCUT2D eigenvalue weighted by Crippen LogP contribution is -2.10. The molecule has 0 fully saturated rings. The molecule has 6 heteroatoms. The highest BCUT2D eigenvalue weighted by Crippen LogP contribution is 2.26. The van der Waals surface area contributed by atoms with E-state index >= 15 is 0 Å². The van der Waals surface area contributed by atoms with E-state index in [-0.39, 0.29) is 11.4 Å². The average Bonchev–Trinajstić information content (AvgIpc) is 2.45. The molecule has 2 aromatic rings. The summed E-state index contributed by atoms with van der Waals surface area (Å²) in [5.74, 6) is 6.10. The van der Waals surface area contributed by atoms with Crippen molar-refractivity contribution in [3.05, 3.63) is 63.2 Å². The third-order valence-corrected chi connectivity index (χ3v) is 3.14. The highest BCUT2D eigenvalue weighted by Gasteiger charge is 2.13. The lowest BCUT2D eigenvalue weighted by molar-refractivity contribution is -0.384. The summed E-state index contributed by atoms with van der Waals surface area (Å²) in [6.07, 6.45) is 0. The Morgan fingerprint density at radius 2 is 2.00 bits per heavy atom. The van der Waals surface area contributed by atoms with Gasteiger partial charge in [0.25, 0.3) is 5.69 Å². The molecule has 21 heavy (non-hydrogen) atoms. The minimum Gasteiger partial charge on any atom is -0.489 e. The quantitative estimate of drug-likeness (QED) is 0.501. The molecule has 2 aromatic carbocycles. The van der Waals surface area contributed by atoms with Crippen molar-refractivity contribution in [2.45, 2.75) is 20.5 Å². The van der Waals surface area contributed by atoms with Crippen molar-refractivity contribution in [3.63, 3.8) is 0 Å². The number of benzene rings is 2. The van der Waals surface area contributed by atoms with E-state index in [9.17, 15) is 10.1 Å². The monoisotopic (exact) mass is 287 g/mol. The van der Waals surface area contributed by atoms with Gasteiger partial charge in [-0.15, -0.1) is 0 Å². The minimum atomic E-state index is -0.482. The molecule has 0 atom stereocenters. The van der Waals surface area contributed by atoms with Crippen molar-refractivity contribution in [2.24, 2.45) is 5.84 Å². The summed E-state index contributed by atoms with van der Waals surface area (Å²) in [5, 5.41) is 10.8. The molecule has 0 saturated heterocycles. The number of nitrogens with two attached hydrogens (primary N) is 1. The lowest BCUT2D eigenvalue weighted by Gasteiger charge is -2.11. The molecule has 0 aliphatic rings.